The monoisotopic (exact) mass is 211 g/mol. The Labute approximate surface area is 91.4 Å². The summed E-state index contributed by atoms with van der Waals surface area (Å²) < 4.78 is 0. The van der Waals surface area contributed by atoms with Gasteiger partial charge in [-0.2, -0.15) is 0 Å². The smallest absolute Gasteiger partial charge is 0.233 e. The van der Waals surface area contributed by atoms with Crippen molar-refractivity contribution >= 4 is 5.91 Å². The number of hydrogen-bond donors (Lipinski definition) is 2. The van der Waals surface area contributed by atoms with Crippen LogP contribution in [0.1, 0.15) is 25.7 Å². The molecular weight excluding hydrogens is 190 g/mol. The minimum Gasteiger partial charge on any atom is -0.358 e. The number of amides is 1. The van der Waals surface area contributed by atoms with Crippen LogP contribution in [-0.4, -0.2) is 49.6 Å². The minimum atomic E-state index is 0.148. The molecule has 86 valence electrons. The topological polar surface area (TPSA) is 44.4 Å². The summed E-state index contributed by atoms with van der Waals surface area (Å²) >= 11 is 0. The number of rotatable bonds is 3. The van der Waals surface area contributed by atoms with E-state index in [1.165, 1.54) is 25.7 Å². The van der Waals surface area contributed by atoms with Gasteiger partial charge in [0.2, 0.25) is 5.91 Å². The molecule has 0 aromatic heterocycles. The Morgan fingerprint density at radius 2 is 1.87 bits per heavy atom. The Kier molecular flexibility index (Phi) is 3.26. The van der Waals surface area contributed by atoms with Crippen LogP contribution in [-0.2, 0) is 4.79 Å². The van der Waals surface area contributed by atoms with E-state index >= 15 is 0 Å². The number of nitrogens with zero attached hydrogens (tertiary/aromatic N) is 1. The summed E-state index contributed by atoms with van der Waals surface area (Å²) in [5.74, 6) is 0.148. The maximum absolute atomic E-state index is 11.4. The zero-order valence-electron chi connectivity index (χ0n) is 9.62. The van der Waals surface area contributed by atoms with Crippen LogP contribution in [0.5, 0.6) is 0 Å². The Hall–Kier alpha value is -0.610. The van der Waals surface area contributed by atoms with Crippen LogP contribution in [0.25, 0.3) is 0 Å². The van der Waals surface area contributed by atoms with E-state index in [9.17, 15) is 4.79 Å². The number of nitrogens with one attached hydrogen (secondary N) is 2. The highest BCUT2D eigenvalue weighted by Gasteiger charge is 2.40. The van der Waals surface area contributed by atoms with Gasteiger partial charge in [0.1, 0.15) is 0 Å². The van der Waals surface area contributed by atoms with Gasteiger partial charge >= 0.3 is 0 Å². The van der Waals surface area contributed by atoms with Crippen molar-refractivity contribution in [1.82, 2.24) is 15.5 Å². The largest absolute Gasteiger partial charge is 0.358 e. The summed E-state index contributed by atoms with van der Waals surface area (Å²) in [5.41, 5.74) is 0. The molecule has 0 aromatic rings. The molecule has 2 aliphatic heterocycles. The van der Waals surface area contributed by atoms with E-state index in [1.807, 2.05) is 7.05 Å². The molecule has 2 unspecified atom stereocenters. The lowest BCUT2D eigenvalue weighted by atomic mass is 9.97. The molecule has 0 spiro atoms. The number of hydrogen-bond acceptors (Lipinski definition) is 3. The first-order valence-electron chi connectivity index (χ1n) is 5.88. The molecule has 2 atom stereocenters. The Morgan fingerprint density at radius 3 is 2.33 bits per heavy atom. The van der Waals surface area contributed by atoms with Crippen molar-refractivity contribution in [3.05, 3.63) is 0 Å². The van der Waals surface area contributed by atoms with E-state index in [-0.39, 0.29) is 5.91 Å². The van der Waals surface area contributed by atoms with E-state index in [4.69, 9.17) is 0 Å². The molecule has 0 saturated carbocycles. The lowest BCUT2D eigenvalue weighted by molar-refractivity contribution is -0.123. The SMILES string of the molecule is CNC(=O)CN1C2CCC1CC(NC)C2. The fraction of sp³-hybridized carbons (Fsp3) is 0.909. The highest BCUT2D eigenvalue weighted by molar-refractivity contribution is 5.77. The average molecular weight is 211 g/mol. The first-order chi connectivity index (χ1) is 7.24. The number of likely N-dealkylation sites (N-methyl/N-ethyl adjacent to an activating group) is 1. The highest BCUT2D eigenvalue weighted by atomic mass is 16.1. The maximum Gasteiger partial charge on any atom is 0.233 e. The van der Waals surface area contributed by atoms with Gasteiger partial charge < -0.3 is 10.6 Å². The molecule has 2 bridgehead atoms. The predicted molar refractivity (Wildman–Crippen MR) is 59.7 cm³/mol. The van der Waals surface area contributed by atoms with Crippen LogP contribution in [0.15, 0.2) is 0 Å². The molecule has 0 aliphatic carbocycles. The van der Waals surface area contributed by atoms with Gasteiger partial charge in [-0.25, -0.2) is 0 Å². The number of fused-ring (bicyclic) bond motifs is 2. The number of carbonyl (C=O) groups excluding carboxylic acids is 1. The molecule has 2 N–H and O–H groups in total. The molecule has 2 saturated heterocycles. The van der Waals surface area contributed by atoms with Gasteiger partial charge in [-0.05, 0) is 32.7 Å². The molecule has 15 heavy (non-hydrogen) atoms. The minimum absolute atomic E-state index is 0.148. The molecule has 2 aliphatic rings. The van der Waals surface area contributed by atoms with E-state index in [0.717, 1.165) is 0 Å². The molecule has 0 aromatic carbocycles. The third-order valence-electron chi connectivity index (χ3n) is 3.90. The maximum atomic E-state index is 11.4. The van der Waals surface area contributed by atoms with Crippen molar-refractivity contribution in [2.24, 2.45) is 0 Å². The van der Waals surface area contributed by atoms with Crippen molar-refractivity contribution in [1.29, 1.82) is 0 Å². The van der Waals surface area contributed by atoms with Crippen LogP contribution in [0.4, 0.5) is 0 Å². The van der Waals surface area contributed by atoms with Gasteiger partial charge in [-0.1, -0.05) is 0 Å². The van der Waals surface area contributed by atoms with Crippen LogP contribution in [0.3, 0.4) is 0 Å². The van der Waals surface area contributed by atoms with Crippen molar-refractivity contribution < 1.29 is 4.79 Å². The second kappa shape index (κ2) is 4.49. The third-order valence-corrected chi connectivity index (χ3v) is 3.90. The Morgan fingerprint density at radius 1 is 1.27 bits per heavy atom. The number of piperidine rings is 1. The van der Waals surface area contributed by atoms with Gasteiger partial charge in [-0.3, -0.25) is 9.69 Å². The Bertz CT molecular complexity index is 230. The van der Waals surface area contributed by atoms with Crippen LogP contribution >= 0.6 is 0 Å². The van der Waals surface area contributed by atoms with Gasteiger partial charge in [0.05, 0.1) is 6.54 Å². The Balaban J connectivity index is 1.95. The van der Waals surface area contributed by atoms with Crippen molar-refractivity contribution in [3.8, 4) is 0 Å². The van der Waals surface area contributed by atoms with E-state index in [0.29, 0.717) is 24.7 Å². The fourth-order valence-electron chi connectivity index (χ4n) is 3.01. The standard InChI is InChI=1S/C11H21N3O/c1-12-8-5-9-3-4-10(6-8)14(9)7-11(15)13-2/h8-10,12H,3-7H2,1-2H3,(H,13,15). The van der Waals surface area contributed by atoms with Gasteiger partial charge in [0, 0.05) is 25.2 Å². The molecular formula is C11H21N3O. The van der Waals surface area contributed by atoms with Crippen molar-refractivity contribution in [2.45, 2.75) is 43.8 Å². The summed E-state index contributed by atoms with van der Waals surface area (Å²) in [6.45, 7) is 0.586. The van der Waals surface area contributed by atoms with Gasteiger partial charge in [0.15, 0.2) is 0 Å². The van der Waals surface area contributed by atoms with Crippen molar-refractivity contribution in [2.75, 3.05) is 20.6 Å². The molecule has 4 heteroatoms. The molecule has 2 fully saturated rings. The number of carbonyl (C=O) groups is 1. The van der Waals surface area contributed by atoms with Crippen LogP contribution < -0.4 is 10.6 Å². The lowest BCUT2D eigenvalue weighted by Crippen LogP contribution is -2.51. The van der Waals surface area contributed by atoms with Gasteiger partial charge in [-0.15, -0.1) is 0 Å². The summed E-state index contributed by atoms with van der Waals surface area (Å²) in [6, 6.07) is 1.90. The fourth-order valence-corrected chi connectivity index (χ4v) is 3.01. The summed E-state index contributed by atoms with van der Waals surface area (Å²) in [6.07, 6.45) is 4.92. The summed E-state index contributed by atoms with van der Waals surface area (Å²) in [4.78, 5) is 13.8. The van der Waals surface area contributed by atoms with Crippen LogP contribution in [0, 0.1) is 0 Å². The van der Waals surface area contributed by atoms with Crippen LogP contribution in [0.2, 0.25) is 0 Å². The summed E-state index contributed by atoms with van der Waals surface area (Å²) in [7, 11) is 3.75. The van der Waals surface area contributed by atoms with E-state index in [2.05, 4.69) is 15.5 Å². The highest BCUT2D eigenvalue weighted by Crippen LogP contribution is 2.35. The normalized spacial score (nSPS) is 35.5. The molecule has 0 radical (unpaired) electrons. The first-order valence-corrected chi connectivity index (χ1v) is 5.88. The van der Waals surface area contributed by atoms with Gasteiger partial charge in [0.25, 0.3) is 0 Å². The lowest BCUT2D eigenvalue weighted by Gasteiger charge is -2.38. The second-order valence-corrected chi connectivity index (χ2v) is 4.69. The first kappa shape index (κ1) is 10.9. The molecule has 4 nitrogen and oxygen atoms in total. The van der Waals surface area contributed by atoms with E-state index in [1.54, 1.807) is 7.05 Å². The zero-order chi connectivity index (χ0) is 10.8. The van der Waals surface area contributed by atoms with E-state index < -0.39 is 0 Å². The summed E-state index contributed by atoms with van der Waals surface area (Å²) in [5, 5.41) is 6.08. The zero-order valence-corrected chi connectivity index (χ0v) is 9.62. The predicted octanol–water partition coefficient (Wildman–Crippen LogP) is -0.0528. The average Bonchev–Trinajstić information content (AvgIpc) is 2.51. The molecule has 1 amide bonds. The van der Waals surface area contributed by atoms with Crippen molar-refractivity contribution in [3.63, 3.8) is 0 Å². The molecule has 2 rings (SSSR count). The molecule has 2 heterocycles. The third kappa shape index (κ3) is 2.16. The quantitative estimate of drug-likeness (QED) is 0.688. The second-order valence-electron chi connectivity index (χ2n) is 4.69.